The van der Waals surface area contributed by atoms with E-state index in [-0.39, 0.29) is 5.41 Å². The number of rotatable bonds is 4. The third kappa shape index (κ3) is 4.44. The Labute approximate surface area is 278 Å². The van der Waals surface area contributed by atoms with Gasteiger partial charge in [-0.3, -0.25) is 0 Å². The second-order valence-corrected chi connectivity index (χ2v) is 13.1. The molecule has 6 aromatic carbocycles. The number of anilines is 6. The Morgan fingerprint density at radius 3 is 1.51 bits per heavy atom. The first-order valence-corrected chi connectivity index (χ1v) is 16.5. The average Bonchev–Trinajstić information content (AvgIpc) is 3.62. The van der Waals surface area contributed by atoms with Crippen molar-refractivity contribution in [2.75, 3.05) is 9.80 Å². The van der Waals surface area contributed by atoms with Gasteiger partial charge >= 0.3 is 0 Å². The van der Waals surface area contributed by atoms with Gasteiger partial charge in [-0.15, -0.1) is 0 Å². The lowest BCUT2D eigenvalue weighted by atomic mass is 9.73. The second-order valence-electron chi connectivity index (χ2n) is 12.4. The van der Waals surface area contributed by atoms with Gasteiger partial charge in [0.1, 0.15) is 5.01 Å². The van der Waals surface area contributed by atoms with Crippen LogP contribution in [-0.2, 0) is 5.41 Å². The standard InChI is InChI=1S/C41H30N4OS/c1-41(2)31-11-3-5-13-33(31)44(34-14-6-4-12-32(34)41)29-25-21-28(22-26-29)40-42-39(43-47-40)27-19-23-30(24-20-27)45-35-15-7-9-17-37(35)46-38-18-10-8-16-36(38)45/h3-26H,1-2H3. The molecule has 7 aromatic rings. The Kier molecular flexibility index (Phi) is 6.27. The molecule has 0 amide bonds. The molecule has 226 valence electrons. The molecule has 9 rings (SSSR count). The van der Waals surface area contributed by atoms with Crippen molar-refractivity contribution in [3.8, 4) is 33.5 Å². The van der Waals surface area contributed by atoms with Gasteiger partial charge in [0.25, 0.3) is 0 Å². The number of hydrogen-bond donors (Lipinski definition) is 0. The van der Waals surface area contributed by atoms with E-state index in [2.05, 4.69) is 133 Å². The fourth-order valence-electron chi connectivity index (χ4n) is 6.90. The van der Waals surface area contributed by atoms with Crippen LogP contribution in [0.25, 0.3) is 22.0 Å². The van der Waals surface area contributed by atoms with Crippen LogP contribution in [0.5, 0.6) is 11.5 Å². The number of aromatic nitrogens is 2. The highest BCUT2D eigenvalue weighted by Gasteiger charge is 2.36. The first-order valence-electron chi connectivity index (χ1n) is 15.8. The number of ether oxygens (including phenoxy) is 1. The minimum absolute atomic E-state index is 0.0814. The molecule has 47 heavy (non-hydrogen) atoms. The summed E-state index contributed by atoms with van der Waals surface area (Å²) in [6, 6.07) is 50.8. The Morgan fingerprint density at radius 2 is 0.957 bits per heavy atom. The van der Waals surface area contributed by atoms with Crippen LogP contribution >= 0.6 is 11.5 Å². The highest BCUT2D eigenvalue weighted by Crippen LogP contribution is 2.52. The molecule has 0 saturated heterocycles. The fraction of sp³-hybridized carbons (Fsp3) is 0.0732. The number of para-hydroxylation sites is 6. The Bertz CT molecular complexity index is 2180. The van der Waals surface area contributed by atoms with Crippen molar-refractivity contribution in [1.82, 2.24) is 9.36 Å². The average molecular weight is 627 g/mol. The van der Waals surface area contributed by atoms with Gasteiger partial charge in [-0.05, 0) is 108 Å². The van der Waals surface area contributed by atoms with Gasteiger partial charge in [-0.2, -0.15) is 4.37 Å². The topological polar surface area (TPSA) is 41.5 Å². The van der Waals surface area contributed by atoms with Gasteiger partial charge in [0.15, 0.2) is 17.3 Å². The quantitative estimate of drug-likeness (QED) is 0.194. The molecule has 0 radical (unpaired) electrons. The van der Waals surface area contributed by atoms with E-state index in [0.29, 0.717) is 0 Å². The Hall–Kier alpha value is -5.72. The van der Waals surface area contributed by atoms with E-state index in [1.807, 2.05) is 36.4 Å². The summed E-state index contributed by atoms with van der Waals surface area (Å²) in [6.45, 7) is 4.62. The molecule has 0 saturated carbocycles. The smallest absolute Gasteiger partial charge is 0.173 e. The van der Waals surface area contributed by atoms with Crippen LogP contribution in [0.3, 0.4) is 0 Å². The van der Waals surface area contributed by atoms with E-state index in [9.17, 15) is 0 Å². The summed E-state index contributed by atoms with van der Waals surface area (Å²) in [5.74, 6) is 2.40. The Balaban J connectivity index is 1.01. The molecule has 1 aromatic heterocycles. The zero-order chi connectivity index (χ0) is 31.5. The highest BCUT2D eigenvalue weighted by atomic mass is 32.1. The first-order chi connectivity index (χ1) is 23.1. The van der Waals surface area contributed by atoms with Gasteiger partial charge in [-0.25, -0.2) is 4.98 Å². The molecule has 0 bridgehead atoms. The molecule has 5 nitrogen and oxygen atoms in total. The fourth-order valence-corrected chi connectivity index (χ4v) is 7.59. The van der Waals surface area contributed by atoms with Gasteiger partial charge in [-0.1, -0.05) is 74.5 Å². The molecule has 0 fully saturated rings. The summed E-state index contributed by atoms with van der Waals surface area (Å²) in [7, 11) is 0. The second kappa shape index (κ2) is 10.7. The summed E-state index contributed by atoms with van der Waals surface area (Å²) in [5, 5.41) is 0.896. The van der Waals surface area contributed by atoms with Crippen molar-refractivity contribution < 1.29 is 4.74 Å². The van der Waals surface area contributed by atoms with E-state index >= 15 is 0 Å². The monoisotopic (exact) mass is 626 g/mol. The van der Waals surface area contributed by atoms with E-state index in [1.54, 1.807) is 0 Å². The normalized spacial score (nSPS) is 14.0. The van der Waals surface area contributed by atoms with Crippen molar-refractivity contribution in [2.45, 2.75) is 19.3 Å². The van der Waals surface area contributed by atoms with Gasteiger partial charge in [0, 0.05) is 27.9 Å². The largest absolute Gasteiger partial charge is 0.453 e. The predicted octanol–water partition coefficient (Wildman–Crippen LogP) is 11.6. The summed E-state index contributed by atoms with van der Waals surface area (Å²) in [6.07, 6.45) is 0. The van der Waals surface area contributed by atoms with E-state index in [0.717, 1.165) is 56.2 Å². The molecule has 2 aliphatic heterocycles. The molecular weight excluding hydrogens is 597 g/mol. The lowest BCUT2D eigenvalue weighted by Gasteiger charge is -2.42. The maximum absolute atomic E-state index is 6.19. The minimum atomic E-state index is -0.0814. The van der Waals surface area contributed by atoms with Gasteiger partial charge in [0.2, 0.25) is 0 Å². The van der Waals surface area contributed by atoms with E-state index in [1.165, 1.54) is 34.0 Å². The molecule has 0 spiro atoms. The van der Waals surface area contributed by atoms with E-state index < -0.39 is 0 Å². The summed E-state index contributed by atoms with van der Waals surface area (Å²) in [4.78, 5) is 9.57. The molecule has 0 atom stereocenters. The summed E-state index contributed by atoms with van der Waals surface area (Å²) in [5.41, 5.74) is 11.2. The third-order valence-electron chi connectivity index (χ3n) is 9.25. The zero-order valence-corrected chi connectivity index (χ0v) is 26.8. The Morgan fingerprint density at radius 1 is 0.511 bits per heavy atom. The first kappa shape index (κ1) is 27.6. The van der Waals surface area contributed by atoms with Crippen LogP contribution in [-0.4, -0.2) is 9.36 Å². The molecule has 0 aliphatic carbocycles. The SMILES string of the molecule is CC1(C)c2ccccc2N(c2ccc(-c3nc(-c4ccc(N5c6ccccc6Oc6ccccc65)cc4)ns3)cc2)c2ccccc21. The molecular formula is C41H30N4OS. The van der Waals surface area contributed by atoms with Crippen molar-refractivity contribution in [1.29, 1.82) is 0 Å². The zero-order valence-electron chi connectivity index (χ0n) is 26.0. The summed E-state index contributed by atoms with van der Waals surface area (Å²) < 4.78 is 10.9. The molecule has 3 heterocycles. The molecule has 2 aliphatic rings. The number of benzene rings is 6. The van der Waals surface area contributed by atoms with Crippen molar-refractivity contribution in [3.63, 3.8) is 0 Å². The lowest BCUT2D eigenvalue weighted by Crippen LogP contribution is -2.30. The van der Waals surface area contributed by atoms with Crippen LogP contribution in [0.15, 0.2) is 146 Å². The van der Waals surface area contributed by atoms with Crippen LogP contribution in [0, 0.1) is 0 Å². The van der Waals surface area contributed by atoms with E-state index in [4.69, 9.17) is 14.1 Å². The molecule has 6 heteroatoms. The third-order valence-corrected chi connectivity index (χ3v) is 10.0. The van der Waals surface area contributed by atoms with Gasteiger partial charge in [0.05, 0.1) is 22.7 Å². The number of hydrogen-bond acceptors (Lipinski definition) is 6. The lowest BCUT2D eigenvalue weighted by molar-refractivity contribution is 0.477. The summed E-state index contributed by atoms with van der Waals surface area (Å²) >= 11 is 1.43. The highest BCUT2D eigenvalue weighted by molar-refractivity contribution is 7.09. The van der Waals surface area contributed by atoms with Crippen molar-refractivity contribution >= 4 is 45.7 Å². The molecule has 0 unspecified atom stereocenters. The maximum Gasteiger partial charge on any atom is 0.173 e. The molecule has 0 N–H and O–H groups in total. The number of nitrogens with zero attached hydrogens (tertiary/aromatic N) is 4. The minimum Gasteiger partial charge on any atom is -0.453 e. The maximum atomic E-state index is 6.19. The van der Waals surface area contributed by atoms with Crippen LogP contribution in [0.2, 0.25) is 0 Å². The predicted molar refractivity (Wildman–Crippen MR) is 192 cm³/mol. The van der Waals surface area contributed by atoms with Crippen molar-refractivity contribution in [2.24, 2.45) is 0 Å². The van der Waals surface area contributed by atoms with Crippen molar-refractivity contribution in [3.05, 3.63) is 157 Å². The number of fused-ring (bicyclic) bond motifs is 4. The van der Waals surface area contributed by atoms with Crippen LogP contribution < -0.4 is 14.5 Å². The van der Waals surface area contributed by atoms with Gasteiger partial charge < -0.3 is 14.5 Å². The van der Waals surface area contributed by atoms with Crippen LogP contribution in [0.4, 0.5) is 34.1 Å². The van der Waals surface area contributed by atoms with Crippen LogP contribution in [0.1, 0.15) is 25.0 Å².